The molecule has 0 bridgehead atoms. The van der Waals surface area contributed by atoms with E-state index >= 15 is 0 Å². The van der Waals surface area contributed by atoms with Crippen LogP contribution in [0.15, 0.2) is 0 Å². The lowest BCUT2D eigenvalue weighted by atomic mass is 10.5. The first-order chi connectivity index (χ1) is 5.61. The van der Waals surface area contributed by atoms with E-state index in [-0.39, 0.29) is 6.42 Å². The van der Waals surface area contributed by atoms with E-state index in [2.05, 4.69) is 5.43 Å². The number of nitrogens with one attached hydrogen (secondary N) is 2. The Morgan fingerprint density at radius 2 is 2.08 bits per heavy atom. The largest absolute Gasteiger partial charge is 0.277 e. The third kappa shape index (κ3) is 3.55. The van der Waals surface area contributed by atoms with Crippen molar-refractivity contribution in [3.63, 3.8) is 0 Å². The fourth-order valence-electron chi connectivity index (χ4n) is 0.535. The van der Waals surface area contributed by atoms with E-state index in [1.54, 1.807) is 6.92 Å². The van der Waals surface area contributed by atoms with E-state index in [0.29, 0.717) is 6.41 Å². The number of nitrogens with zero attached hydrogens (tertiary/aromatic N) is 1. The Kier molecular flexibility index (Phi) is 4.43. The number of hydrogen-bond donors (Lipinski definition) is 2. The average molecular weight is 173 g/mol. The highest BCUT2D eigenvalue weighted by atomic mass is 16.2. The van der Waals surface area contributed by atoms with Gasteiger partial charge in [0.1, 0.15) is 0 Å². The molecule has 0 rings (SSSR count). The number of rotatable bonds is 3. The molecule has 0 aliphatic rings. The second-order valence-corrected chi connectivity index (χ2v) is 2.00. The minimum absolute atomic E-state index is 0.196. The standard InChI is InChI=1S/C6H11N3O3/c1-3-6(12)9(7-4-10)8-5(2)11/h4H,3H2,1-2H3,(H,7,10)(H,8,11). The Balaban J connectivity index is 4.11. The normalized spacial score (nSPS) is 8.50. The molecule has 0 saturated heterocycles. The molecule has 68 valence electrons. The van der Waals surface area contributed by atoms with Crippen LogP contribution in [0.1, 0.15) is 20.3 Å². The van der Waals surface area contributed by atoms with Crippen molar-refractivity contribution in [2.45, 2.75) is 20.3 Å². The molecule has 0 spiro atoms. The first kappa shape index (κ1) is 10.4. The van der Waals surface area contributed by atoms with Crippen molar-refractivity contribution in [2.24, 2.45) is 0 Å². The van der Waals surface area contributed by atoms with Gasteiger partial charge in [0.05, 0.1) is 0 Å². The van der Waals surface area contributed by atoms with Crippen LogP contribution >= 0.6 is 0 Å². The summed E-state index contributed by atoms with van der Waals surface area (Å²) in [6, 6.07) is 0. The third-order valence-corrected chi connectivity index (χ3v) is 1.00. The lowest BCUT2D eigenvalue weighted by Gasteiger charge is -2.19. The monoisotopic (exact) mass is 173 g/mol. The zero-order valence-corrected chi connectivity index (χ0v) is 6.96. The molecular formula is C6H11N3O3. The van der Waals surface area contributed by atoms with Gasteiger partial charge in [0.25, 0.3) is 5.91 Å². The molecule has 0 saturated carbocycles. The second kappa shape index (κ2) is 5.11. The molecular weight excluding hydrogens is 162 g/mol. The van der Waals surface area contributed by atoms with Crippen LogP contribution in [0.3, 0.4) is 0 Å². The summed E-state index contributed by atoms with van der Waals surface area (Å²) in [6.07, 6.45) is 0.505. The second-order valence-electron chi connectivity index (χ2n) is 2.00. The van der Waals surface area contributed by atoms with Gasteiger partial charge in [-0.1, -0.05) is 6.92 Å². The van der Waals surface area contributed by atoms with Crippen LogP contribution in [-0.2, 0) is 14.4 Å². The molecule has 2 N–H and O–H groups in total. The zero-order valence-electron chi connectivity index (χ0n) is 6.96. The average Bonchev–Trinajstić information content (AvgIpc) is 2.01. The Labute approximate surface area is 69.8 Å². The number of amides is 3. The Hall–Kier alpha value is -1.59. The van der Waals surface area contributed by atoms with Crippen LogP contribution in [-0.4, -0.2) is 23.3 Å². The van der Waals surface area contributed by atoms with Crippen molar-refractivity contribution < 1.29 is 14.4 Å². The number of carbonyl (C=O) groups is 3. The van der Waals surface area contributed by atoms with Gasteiger partial charge in [-0.05, 0) is 0 Å². The molecule has 0 aliphatic heterocycles. The lowest BCUT2D eigenvalue weighted by molar-refractivity contribution is -0.146. The number of hydrazine groups is 2. The van der Waals surface area contributed by atoms with Crippen LogP contribution < -0.4 is 10.9 Å². The van der Waals surface area contributed by atoms with Crippen LogP contribution in [0.2, 0.25) is 0 Å². The maximum atomic E-state index is 10.9. The van der Waals surface area contributed by atoms with Gasteiger partial charge in [-0.25, -0.2) is 10.9 Å². The summed E-state index contributed by atoms with van der Waals surface area (Å²) >= 11 is 0. The summed E-state index contributed by atoms with van der Waals surface area (Å²) in [6.45, 7) is 2.85. The van der Waals surface area contributed by atoms with Gasteiger partial charge < -0.3 is 0 Å². The minimum Gasteiger partial charge on any atom is -0.277 e. The van der Waals surface area contributed by atoms with Crippen molar-refractivity contribution >= 4 is 18.2 Å². The smallest absolute Gasteiger partial charge is 0.260 e. The molecule has 0 radical (unpaired) electrons. The Morgan fingerprint density at radius 3 is 2.42 bits per heavy atom. The summed E-state index contributed by atoms with van der Waals surface area (Å²) in [5.74, 6) is -0.816. The summed E-state index contributed by atoms with van der Waals surface area (Å²) < 4.78 is 0. The highest BCUT2D eigenvalue weighted by Crippen LogP contribution is 1.83. The molecule has 0 aromatic carbocycles. The fourth-order valence-corrected chi connectivity index (χ4v) is 0.535. The maximum Gasteiger partial charge on any atom is 0.260 e. The molecule has 12 heavy (non-hydrogen) atoms. The highest BCUT2D eigenvalue weighted by Gasteiger charge is 2.10. The van der Waals surface area contributed by atoms with E-state index in [1.165, 1.54) is 6.92 Å². The van der Waals surface area contributed by atoms with Crippen molar-refractivity contribution in [1.29, 1.82) is 0 Å². The fraction of sp³-hybridized carbons (Fsp3) is 0.500. The van der Waals surface area contributed by atoms with Crippen LogP contribution in [0.5, 0.6) is 0 Å². The van der Waals surface area contributed by atoms with Gasteiger partial charge in [0.2, 0.25) is 12.3 Å². The van der Waals surface area contributed by atoms with Crippen molar-refractivity contribution in [3.8, 4) is 0 Å². The molecule has 6 nitrogen and oxygen atoms in total. The molecule has 0 aliphatic carbocycles. The van der Waals surface area contributed by atoms with Crippen molar-refractivity contribution in [3.05, 3.63) is 0 Å². The molecule has 0 atom stereocenters. The van der Waals surface area contributed by atoms with E-state index in [9.17, 15) is 14.4 Å². The first-order valence-corrected chi connectivity index (χ1v) is 3.41. The van der Waals surface area contributed by atoms with Gasteiger partial charge in [-0.3, -0.25) is 14.4 Å². The van der Waals surface area contributed by atoms with Crippen LogP contribution in [0.4, 0.5) is 0 Å². The van der Waals surface area contributed by atoms with Gasteiger partial charge >= 0.3 is 0 Å². The predicted octanol–water partition coefficient (Wildman–Crippen LogP) is -1.06. The summed E-state index contributed by atoms with van der Waals surface area (Å²) in [4.78, 5) is 31.4. The van der Waals surface area contributed by atoms with E-state index in [1.807, 2.05) is 5.43 Å². The lowest BCUT2D eigenvalue weighted by Crippen LogP contribution is -2.52. The predicted molar refractivity (Wildman–Crippen MR) is 40.2 cm³/mol. The molecule has 0 aromatic heterocycles. The van der Waals surface area contributed by atoms with Gasteiger partial charge in [-0.15, -0.1) is 0 Å². The summed E-state index contributed by atoms with van der Waals surface area (Å²) in [5, 5.41) is 0.745. The Morgan fingerprint density at radius 1 is 1.50 bits per heavy atom. The molecule has 6 heteroatoms. The summed E-state index contributed by atoms with van der Waals surface area (Å²) in [5.41, 5.74) is 4.17. The zero-order chi connectivity index (χ0) is 9.56. The summed E-state index contributed by atoms with van der Waals surface area (Å²) in [7, 11) is 0. The van der Waals surface area contributed by atoms with Crippen molar-refractivity contribution in [2.75, 3.05) is 0 Å². The van der Waals surface area contributed by atoms with Crippen LogP contribution in [0.25, 0.3) is 0 Å². The molecule has 0 fully saturated rings. The maximum absolute atomic E-state index is 10.9. The first-order valence-electron chi connectivity index (χ1n) is 3.41. The topological polar surface area (TPSA) is 78.5 Å². The van der Waals surface area contributed by atoms with Gasteiger partial charge in [-0.2, -0.15) is 5.12 Å². The molecule has 0 aromatic rings. The third-order valence-electron chi connectivity index (χ3n) is 1.00. The quantitative estimate of drug-likeness (QED) is 0.421. The van der Waals surface area contributed by atoms with Crippen LogP contribution in [0, 0.1) is 0 Å². The minimum atomic E-state index is -0.425. The Bertz CT molecular complexity index is 192. The van der Waals surface area contributed by atoms with Crippen molar-refractivity contribution in [1.82, 2.24) is 16.0 Å². The SMILES string of the molecule is CCC(=O)N(NC=O)NC(C)=O. The molecule has 0 unspecified atom stereocenters. The number of hydrogen-bond acceptors (Lipinski definition) is 3. The van der Waals surface area contributed by atoms with Gasteiger partial charge in [0, 0.05) is 13.3 Å². The number of carbonyl (C=O) groups excluding carboxylic acids is 3. The van der Waals surface area contributed by atoms with E-state index < -0.39 is 11.8 Å². The molecule has 0 heterocycles. The van der Waals surface area contributed by atoms with E-state index in [4.69, 9.17) is 0 Å². The van der Waals surface area contributed by atoms with Gasteiger partial charge in [0.15, 0.2) is 0 Å². The van der Waals surface area contributed by atoms with E-state index in [0.717, 1.165) is 5.12 Å². The molecule has 3 amide bonds. The highest BCUT2D eigenvalue weighted by molar-refractivity contribution is 5.81.